The third-order valence-corrected chi connectivity index (χ3v) is 2.07. The third-order valence-electron chi connectivity index (χ3n) is 2.07. The first-order valence-electron chi connectivity index (χ1n) is 5.00. The van der Waals surface area contributed by atoms with Gasteiger partial charge in [-0.25, -0.2) is 0 Å². The average molecular weight is 270 g/mol. The van der Waals surface area contributed by atoms with Gasteiger partial charge >= 0.3 is 6.18 Å². The molecular weight excluding hydrogens is 255 g/mol. The second-order valence-electron chi connectivity index (χ2n) is 3.41. The van der Waals surface area contributed by atoms with Crippen LogP contribution in [0.5, 0.6) is 5.75 Å². The Morgan fingerprint density at radius 2 is 1.88 bits per heavy atom. The number of halogens is 4. The molecule has 0 aromatic heterocycles. The van der Waals surface area contributed by atoms with E-state index in [0.29, 0.717) is 6.61 Å². The van der Waals surface area contributed by atoms with Crippen molar-refractivity contribution in [1.29, 1.82) is 0 Å². The minimum absolute atomic E-state index is 0. The van der Waals surface area contributed by atoms with E-state index in [1.807, 2.05) is 6.92 Å². The number of para-hydroxylation sites is 1. The Bertz CT molecular complexity index is 344. The van der Waals surface area contributed by atoms with Crippen LogP contribution >= 0.6 is 12.4 Å². The fourth-order valence-corrected chi connectivity index (χ4v) is 1.26. The zero-order valence-corrected chi connectivity index (χ0v) is 10.1. The van der Waals surface area contributed by atoms with Crippen LogP contribution in [0.25, 0.3) is 0 Å². The van der Waals surface area contributed by atoms with Gasteiger partial charge in [-0.1, -0.05) is 25.1 Å². The minimum Gasteiger partial charge on any atom is -0.493 e. The number of hydrogen-bond acceptors (Lipinski definition) is 2. The number of alkyl halides is 3. The van der Waals surface area contributed by atoms with Crippen LogP contribution in [0.2, 0.25) is 0 Å². The van der Waals surface area contributed by atoms with Crippen LogP contribution in [0.1, 0.15) is 24.9 Å². The van der Waals surface area contributed by atoms with E-state index in [2.05, 4.69) is 0 Å². The van der Waals surface area contributed by atoms with Crippen molar-refractivity contribution in [3.8, 4) is 5.75 Å². The second-order valence-corrected chi connectivity index (χ2v) is 3.41. The lowest BCUT2D eigenvalue weighted by atomic mass is 10.1. The number of rotatable bonds is 4. The molecule has 0 bridgehead atoms. The lowest BCUT2D eigenvalue weighted by Gasteiger charge is -2.19. The first-order chi connectivity index (χ1) is 7.46. The van der Waals surface area contributed by atoms with Crippen LogP contribution in [-0.4, -0.2) is 12.8 Å². The van der Waals surface area contributed by atoms with Crippen LogP contribution in [-0.2, 0) is 0 Å². The molecule has 1 aromatic rings. The Labute approximate surface area is 104 Å². The van der Waals surface area contributed by atoms with E-state index in [0.717, 1.165) is 6.42 Å². The van der Waals surface area contributed by atoms with Crippen molar-refractivity contribution in [2.24, 2.45) is 5.73 Å². The monoisotopic (exact) mass is 269 g/mol. The van der Waals surface area contributed by atoms with E-state index in [1.54, 1.807) is 6.07 Å². The fraction of sp³-hybridized carbons (Fsp3) is 0.455. The molecule has 0 radical (unpaired) electrons. The summed E-state index contributed by atoms with van der Waals surface area (Å²) in [6.45, 7) is 2.26. The zero-order chi connectivity index (χ0) is 12.2. The molecule has 0 amide bonds. The second kappa shape index (κ2) is 6.71. The number of benzene rings is 1. The van der Waals surface area contributed by atoms with E-state index < -0.39 is 12.2 Å². The molecule has 1 aromatic carbocycles. The van der Waals surface area contributed by atoms with Gasteiger partial charge in [0, 0.05) is 5.56 Å². The molecule has 0 aliphatic rings. The van der Waals surface area contributed by atoms with Gasteiger partial charge in [-0.05, 0) is 12.5 Å². The fourth-order valence-electron chi connectivity index (χ4n) is 1.26. The predicted molar refractivity (Wildman–Crippen MR) is 62.5 cm³/mol. The number of hydrogen-bond donors (Lipinski definition) is 1. The van der Waals surface area contributed by atoms with Crippen LogP contribution in [0.15, 0.2) is 24.3 Å². The van der Waals surface area contributed by atoms with Crippen molar-refractivity contribution in [3.63, 3.8) is 0 Å². The molecule has 1 atom stereocenters. The molecule has 98 valence electrons. The van der Waals surface area contributed by atoms with Crippen molar-refractivity contribution in [1.82, 2.24) is 0 Å². The summed E-state index contributed by atoms with van der Waals surface area (Å²) in [6, 6.07) is 3.97. The Hall–Kier alpha value is -0.940. The molecule has 6 heteroatoms. The largest absolute Gasteiger partial charge is 0.493 e. The summed E-state index contributed by atoms with van der Waals surface area (Å²) in [5.41, 5.74) is 5.12. The van der Waals surface area contributed by atoms with E-state index >= 15 is 0 Å². The highest BCUT2D eigenvalue weighted by molar-refractivity contribution is 5.85. The SMILES string of the molecule is CCCOc1ccccc1[C@@H](N)C(F)(F)F.Cl. The molecule has 1 rings (SSSR count). The first-order valence-corrected chi connectivity index (χ1v) is 5.00. The van der Waals surface area contributed by atoms with E-state index in [9.17, 15) is 13.2 Å². The summed E-state index contributed by atoms with van der Waals surface area (Å²) >= 11 is 0. The molecule has 0 fully saturated rings. The summed E-state index contributed by atoms with van der Waals surface area (Å²) in [7, 11) is 0. The predicted octanol–water partition coefficient (Wildman–Crippen LogP) is 3.46. The van der Waals surface area contributed by atoms with Crippen LogP contribution in [0, 0.1) is 0 Å². The van der Waals surface area contributed by atoms with Gasteiger partial charge in [-0.2, -0.15) is 13.2 Å². The normalized spacial score (nSPS) is 12.8. The number of ether oxygens (including phenoxy) is 1. The molecule has 2 nitrogen and oxygen atoms in total. The maximum Gasteiger partial charge on any atom is 0.407 e. The van der Waals surface area contributed by atoms with Crippen LogP contribution < -0.4 is 10.5 Å². The molecule has 0 unspecified atom stereocenters. The Morgan fingerprint density at radius 3 is 2.41 bits per heavy atom. The van der Waals surface area contributed by atoms with Crippen LogP contribution in [0.4, 0.5) is 13.2 Å². The molecule has 0 heterocycles. The highest BCUT2D eigenvalue weighted by Crippen LogP contribution is 2.35. The standard InChI is InChI=1S/C11H14F3NO.ClH/c1-2-7-16-9-6-4-3-5-8(9)10(15)11(12,13)14;/h3-6,10H,2,7,15H2,1H3;1H/t10-;/m1./s1. The van der Waals surface area contributed by atoms with Gasteiger partial charge in [-0.15, -0.1) is 12.4 Å². The molecule has 0 aliphatic heterocycles. The summed E-state index contributed by atoms with van der Waals surface area (Å²) in [4.78, 5) is 0. The third kappa shape index (κ3) is 4.44. The molecular formula is C11H15ClF3NO. The van der Waals surface area contributed by atoms with Gasteiger partial charge in [0.25, 0.3) is 0 Å². The van der Waals surface area contributed by atoms with Gasteiger partial charge in [0.1, 0.15) is 11.8 Å². The molecule has 17 heavy (non-hydrogen) atoms. The Kier molecular flexibility index (Phi) is 6.34. The van der Waals surface area contributed by atoms with Gasteiger partial charge in [0.05, 0.1) is 6.61 Å². The first kappa shape index (κ1) is 16.1. The van der Waals surface area contributed by atoms with E-state index in [-0.39, 0.29) is 23.7 Å². The van der Waals surface area contributed by atoms with Crippen molar-refractivity contribution in [2.45, 2.75) is 25.6 Å². The van der Waals surface area contributed by atoms with Crippen molar-refractivity contribution in [2.75, 3.05) is 6.61 Å². The summed E-state index contributed by atoms with van der Waals surface area (Å²) in [5.74, 6) is 0.203. The summed E-state index contributed by atoms with van der Waals surface area (Å²) in [5, 5.41) is 0. The van der Waals surface area contributed by atoms with Gasteiger partial charge in [0.15, 0.2) is 0 Å². The maximum atomic E-state index is 12.5. The topological polar surface area (TPSA) is 35.2 Å². The lowest BCUT2D eigenvalue weighted by molar-refractivity contribution is -0.149. The van der Waals surface area contributed by atoms with Gasteiger partial charge < -0.3 is 10.5 Å². The lowest BCUT2D eigenvalue weighted by Crippen LogP contribution is -2.28. The van der Waals surface area contributed by atoms with Crippen molar-refractivity contribution < 1.29 is 17.9 Å². The highest BCUT2D eigenvalue weighted by Gasteiger charge is 2.39. The molecule has 0 saturated carbocycles. The minimum atomic E-state index is -4.45. The molecule has 2 N–H and O–H groups in total. The highest BCUT2D eigenvalue weighted by atomic mass is 35.5. The zero-order valence-electron chi connectivity index (χ0n) is 9.33. The Morgan fingerprint density at radius 1 is 1.29 bits per heavy atom. The van der Waals surface area contributed by atoms with Crippen molar-refractivity contribution in [3.05, 3.63) is 29.8 Å². The van der Waals surface area contributed by atoms with Gasteiger partial charge in [0.2, 0.25) is 0 Å². The van der Waals surface area contributed by atoms with E-state index in [4.69, 9.17) is 10.5 Å². The molecule has 0 aliphatic carbocycles. The number of nitrogens with two attached hydrogens (primary N) is 1. The maximum absolute atomic E-state index is 12.5. The Balaban J connectivity index is 0.00000256. The van der Waals surface area contributed by atoms with E-state index in [1.165, 1.54) is 18.2 Å². The van der Waals surface area contributed by atoms with Crippen molar-refractivity contribution >= 4 is 12.4 Å². The van der Waals surface area contributed by atoms with Crippen LogP contribution in [0.3, 0.4) is 0 Å². The summed E-state index contributed by atoms with van der Waals surface area (Å²) < 4.78 is 42.6. The average Bonchev–Trinajstić information content (AvgIpc) is 2.24. The smallest absolute Gasteiger partial charge is 0.407 e. The summed E-state index contributed by atoms with van der Waals surface area (Å²) in [6.07, 6.45) is -3.72. The quantitative estimate of drug-likeness (QED) is 0.908. The van der Waals surface area contributed by atoms with Gasteiger partial charge in [-0.3, -0.25) is 0 Å². The molecule has 0 spiro atoms. The molecule has 0 saturated heterocycles.